The molecule has 1 aliphatic heterocycles. The number of nitrogens with zero attached hydrogens (tertiary/aromatic N) is 1. The summed E-state index contributed by atoms with van der Waals surface area (Å²) in [6.07, 6.45) is 2.67. The minimum Gasteiger partial charge on any atom is -0.396 e. The van der Waals surface area contributed by atoms with Gasteiger partial charge in [0.15, 0.2) is 0 Å². The summed E-state index contributed by atoms with van der Waals surface area (Å²) in [5.41, 5.74) is 2.63. The summed E-state index contributed by atoms with van der Waals surface area (Å²) in [6, 6.07) is 14.2. The summed E-state index contributed by atoms with van der Waals surface area (Å²) in [5, 5.41) is 12.1. The number of likely N-dealkylation sites (tertiary alicyclic amines) is 1. The number of hydrogen-bond donors (Lipinski definition) is 2. The van der Waals surface area contributed by atoms with Gasteiger partial charge in [-0.25, -0.2) is 0 Å². The summed E-state index contributed by atoms with van der Waals surface area (Å²) >= 11 is 1.64. The summed E-state index contributed by atoms with van der Waals surface area (Å²) in [7, 11) is 0. The third-order valence-corrected chi connectivity index (χ3v) is 6.04. The van der Waals surface area contributed by atoms with Gasteiger partial charge in [-0.2, -0.15) is 0 Å². The van der Waals surface area contributed by atoms with Gasteiger partial charge in [-0.15, -0.1) is 11.3 Å². The zero-order chi connectivity index (χ0) is 17.3. The van der Waals surface area contributed by atoms with Gasteiger partial charge in [-0.05, 0) is 42.3 Å². The number of nitrogens with one attached hydrogen (secondary N) is 1. The molecular formula is C20H22N2O2S. The van der Waals surface area contributed by atoms with Crippen LogP contribution < -0.4 is 0 Å². The van der Waals surface area contributed by atoms with Crippen molar-refractivity contribution < 1.29 is 9.90 Å². The Balaban J connectivity index is 1.54. The Morgan fingerprint density at radius 2 is 2.12 bits per heavy atom. The van der Waals surface area contributed by atoms with E-state index in [4.69, 9.17) is 0 Å². The van der Waals surface area contributed by atoms with E-state index >= 15 is 0 Å². The molecule has 4 rings (SSSR count). The van der Waals surface area contributed by atoms with Gasteiger partial charge in [0, 0.05) is 18.5 Å². The number of aliphatic hydroxyl groups is 1. The second kappa shape index (κ2) is 6.65. The van der Waals surface area contributed by atoms with Crippen LogP contribution in [-0.2, 0) is 6.42 Å². The van der Waals surface area contributed by atoms with Crippen molar-refractivity contribution in [1.29, 1.82) is 0 Å². The SMILES string of the molecule is O=C(c1cc2sccc2[nH]1)N1CCCC(CO)(Cc2ccccc2)C1. The fourth-order valence-corrected chi connectivity index (χ4v) is 4.66. The monoisotopic (exact) mass is 354 g/mol. The maximum absolute atomic E-state index is 12.9. The lowest BCUT2D eigenvalue weighted by Gasteiger charge is -2.42. The molecule has 0 radical (unpaired) electrons. The van der Waals surface area contributed by atoms with Gasteiger partial charge in [0.25, 0.3) is 5.91 Å². The molecule has 3 heterocycles. The number of thiophene rings is 1. The van der Waals surface area contributed by atoms with E-state index in [9.17, 15) is 9.90 Å². The van der Waals surface area contributed by atoms with E-state index in [0.717, 1.165) is 36.0 Å². The summed E-state index contributed by atoms with van der Waals surface area (Å²) < 4.78 is 1.11. The van der Waals surface area contributed by atoms with E-state index in [0.29, 0.717) is 12.2 Å². The molecule has 2 aromatic heterocycles. The average molecular weight is 354 g/mol. The quantitative estimate of drug-likeness (QED) is 0.751. The molecule has 5 heteroatoms. The molecule has 1 aromatic carbocycles. The first-order chi connectivity index (χ1) is 12.2. The number of aromatic nitrogens is 1. The third kappa shape index (κ3) is 3.22. The Labute approximate surface area is 151 Å². The number of piperidine rings is 1. The van der Waals surface area contributed by atoms with Crippen molar-refractivity contribution in [3.63, 3.8) is 0 Å². The van der Waals surface area contributed by atoms with Gasteiger partial charge in [0.1, 0.15) is 5.69 Å². The minimum absolute atomic E-state index is 0.0361. The number of aromatic amines is 1. The van der Waals surface area contributed by atoms with Crippen molar-refractivity contribution >= 4 is 27.5 Å². The summed E-state index contributed by atoms with van der Waals surface area (Å²) in [5.74, 6) is 0.0361. The second-order valence-electron chi connectivity index (χ2n) is 7.03. The molecule has 1 unspecified atom stereocenters. The van der Waals surface area contributed by atoms with Crippen LogP contribution in [0.2, 0.25) is 0 Å². The van der Waals surface area contributed by atoms with E-state index in [1.54, 1.807) is 11.3 Å². The molecule has 0 spiro atoms. The van der Waals surface area contributed by atoms with E-state index < -0.39 is 0 Å². The molecule has 1 saturated heterocycles. The van der Waals surface area contributed by atoms with Gasteiger partial charge >= 0.3 is 0 Å². The van der Waals surface area contributed by atoms with Crippen molar-refractivity contribution in [2.75, 3.05) is 19.7 Å². The van der Waals surface area contributed by atoms with Gasteiger partial charge in [0.2, 0.25) is 0 Å². The molecule has 1 fully saturated rings. The zero-order valence-corrected chi connectivity index (χ0v) is 14.9. The van der Waals surface area contributed by atoms with Gasteiger partial charge < -0.3 is 15.0 Å². The van der Waals surface area contributed by atoms with E-state index in [2.05, 4.69) is 17.1 Å². The number of rotatable bonds is 4. The normalized spacial score (nSPS) is 20.9. The molecule has 2 N–H and O–H groups in total. The fraction of sp³-hybridized carbons (Fsp3) is 0.350. The predicted molar refractivity (Wildman–Crippen MR) is 101 cm³/mol. The Bertz CT molecular complexity index is 842. The standard InChI is InChI=1S/C20H22N2O2S/c23-14-20(12-15-5-2-1-3-6-15)8-4-9-22(13-20)19(24)17-11-18-16(21-17)7-10-25-18/h1-3,5-7,10-11,21,23H,4,8-9,12-14H2. The summed E-state index contributed by atoms with van der Waals surface area (Å²) in [4.78, 5) is 18.1. The molecule has 0 bridgehead atoms. The van der Waals surface area contributed by atoms with E-state index in [1.807, 2.05) is 40.6 Å². The Morgan fingerprint density at radius 3 is 2.88 bits per heavy atom. The van der Waals surface area contributed by atoms with E-state index in [1.165, 1.54) is 5.56 Å². The summed E-state index contributed by atoms with van der Waals surface area (Å²) in [6.45, 7) is 1.46. The van der Waals surface area contributed by atoms with Crippen LogP contribution in [0.4, 0.5) is 0 Å². The number of carbonyl (C=O) groups excluding carboxylic acids is 1. The van der Waals surface area contributed by atoms with Crippen LogP contribution in [0, 0.1) is 5.41 Å². The number of amides is 1. The van der Waals surface area contributed by atoms with Crippen LogP contribution in [0.5, 0.6) is 0 Å². The molecule has 1 aliphatic rings. The maximum atomic E-state index is 12.9. The average Bonchev–Trinajstić information content (AvgIpc) is 3.24. The highest BCUT2D eigenvalue weighted by Gasteiger charge is 2.37. The smallest absolute Gasteiger partial charge is 0.270 e. The fourth-order valence-electron chi connectivity index (χ4n) is 3.87. The van der Waals surface area contributed by atoms with E-state index in [-0.39, 0.29) is 17.9 Å². The molecule has 1 atom stereocenters. The molecule has 25 heavy (non-hydrogen) atoms. The number of fused-ring (bicyclic) bond motifs is 1. The number of aliphatic hydroxyl groups excluding tert-OH is 1. The predicted octanol–water partition coefficient (Wildman–Crippen LogP) is 3.69. The second-order valence-corrected chi connectivity index (χ2v) is 7.98. The highest BCUT2D eigenvalue weighted by atomic mass is 32.1. The lowest BCUT2D eigenvalue weighted by Crippen LogP contribution is -2.49. The molecular weight excluding hydrogens is 332 g/mol. The molecule has 0 saturated carbocycles. The first kappa shape index (κ1) is 16.4. The highest BCUT2D eigenvalue weighted by Crippen LogP contribution is 2.34. The van der Waals surface area contributed by atoms with Crippen LogP contribution in [0.15, 0.2) is 47.8 Å². The van der Waals surface area contributed by atoms with Crippen molar-refractivity contribution in [2.45, 2.75) is 19.3 Å². The van der Waals surface area contributed by atoms with Crippen molar-refractivity contribution in [2.24, 2.45) is 5.41 Å². The third-order valence-electron chi connectivity index (χ3n) is 5.18. The zero-order valence-electron chi connectivity index (χ0n) is 14.1. The van der Waals surface area contributed by atoms with Crippen LogP contribution in [0.1, 0.15) is 28.9 Å². The first-order valence-corrected chi connectivity index (χ1v) is 9.57. The minimum atomic E-state index is -0.251. The van der Waals surface area contributed by atoms with Gasteiger partial charge in [0.05, 0.1) is 16.8 Å². The van der Waals surface area contributed by atoms with Crippen LogP contribution in [0.3, 0.4) is 0 Å². The van der Waals surface area contributed by atoms with Crippen molar-refractivity contribution in [1.82, 2.24) is 9.88 Å². The Kier molecular flexibility index (Phi) is 4.36. The molecule has 130 valence electrons. The van der Waals surface area contributed by atoms with Gasteiger partial charge in [-0.3, -0.25) is 4.79 Å². The number of benzene rings is 1. The lowest BCUT2D eigenvalue weighted by molar-refractivity contribution is 0.0268. The van der Waals surface area contributed by atoms with Crippen molar-refractivity contribution in [3.05, 3.63) is 59.1 Å². The topological polar surface area (TPSA) is 56.3 Å². The molecule has 3 aromatic rings. The molecule has 0 aliphatic carbocycles. The first-order valence-electron chi connectivity index (χ1n) is 8.69. The van der Waals surface area contributed by atoms with Crippen LogP contribution >= 0.6 is 11.3 Å². The number of carbonyl (C=O) groups is 1. The van der Waals surface area contributed by atoms with Crippen LogP contribution in [0.25, 0.3) is 10.2 Å². The highest BCUT2D eigenvalue weighted by molar-refractivity contribution is 7.17. The Hall–Kier alpha value is -2.11. The maximum Gasteiger partial charge on any atom is 0.270 e. The Morgan fingerprint density at radius 1 is 1.28 bits per heavy atom. The molecule has 4 nitrogen and oxygen atoms in total. The van der Waals surface area contributed by atoms with Crippen molar-refractivity contribution in [3.8, 4) is 0 Å². The number of hydrogen-bond acceptors (Lipinski definition) is 3. The van der Waals surface area contributed by atoms with Crippen LogP contribution in [-0.4, -0.2) is 40.6 Å². The van der Waals surface area contributed by atoms with Gasteiger partial charge in [-0.1, -0.05) is 30.3 Å². The largest absolute Gasteiger partial charge is 0.396 e. The number of H-pyrrole nitrogens is 1. The lowest BCUT2D eigenvalue weighted by atomic mass is 9.75. The molecule has 1 amide bonds.